The molecule has 2 heterocycles. The number of aliphatic hydroxyl groups excluding tert-OH is 1. The minimum atomic E-state index is -0.502. The Balaban J connectivity index is 1.58. The van der Waals surface area contributed by atoms with Crippen molar-refractivity contribution in [3.8, 4) is 0 Å². The van der Waals surface area contributed by atoms with Gasteiger partial charge in [0.25, 0.3) is 0 Å². The van der Waals surface area contributed by atoms with Crippen LogP contribution in [-0.4, -0.2) is 36.3 Å². The van der Waals surface area contributed by atoms with Crippen molar-refractivity contribution >= 4 is 27.3 Å². The van der Waals surface area contributed by atoms with E-state index in [9.17, 15) is 5.11 Å². The second-order valence-corrected chi connectivity index (χ2v) is 9.09. The summed E-state index contributed by atoms with van der Waals surface area (Å²) in [5.74, 6) is 0. The Bertz CT molecular complexity index is 702. The van der Waals surface area contributed by atoms with Crippen molar-refractivity contribution in [2.45, 2.75) is 33.3 Å². The third kappa shape index (κ3) is 4.98. The van der Waals surface area contributed by atoms with Crippen molar-refractivity contribution < 1.29 is 5.11 Å². The van der Waals surface area contributed by atoms with E-state index < -0.39 is 6.10 Å². The number of hydrogen-bond acceptors (Lipinski definition) is 4. The van der Waals surface area contributed by atoms with Gasteiger partial charge in [0.1, 0.15) is 0 Å². The fourth-order valence-corrected chi connectivity index (χ4v) is 3.61. The van der Waals surface area contributed by atoms with E-state index in [4.69, 9.17) is 0 Å². The van der Waals surface area contributed by atoms with E-state index in [1.54, 1.807) is 0 Å². The number of aromatic nitrogens is 1. The molecule has 140 valence electrons. The zero-order valence-electron chi connectivity index (χ0n) is 15.8. The third-order valence-corrected chi connectivity index (χ3v) is 5.28. The van der Waals surface area contributed by atoms with Crippen molar-refractivity contribution in [2.24, 2.45) is 5.41 Å². The molecule has 1 aromatic carbocycles. The average Bonchev–Trinajstić information content (AvgIpc) is 2.61. The Labute approximate surface area is 165 Å². The van der Waals surface area contributed by atoms with Gasteiger partial charge in [-0.2, -0.15) is 0 Å². The second kappa shape index (κ2) is 7.97. The van der Waals surface area contributed by atoms with Crippen LogP contribution in [0.1, 0.15) is 39.0 Å². The zero-order valence-corrected chi connectivity index (χ0v) is 17.4. The maximum Gasteiger partial charge on any atom is 0.0964 e. The maximum absolute atomic E-state index is 10.4. The number of nitrogens with zero attached hydrogens (tertiary/aromatic N) is 3. The van der Waals surface area contributed by atoms with Crippen LogP contribution in [-0.2, 0) is 0 Å². The molecule has 0 spiro atoms. The molecular formula is C21H28BrN3O. The summed E-state index contributed by atoms with van der Waals surface area (Å²) in [4.78, 5) is 9.29. The molecule has 1 fully saturated rings. The van der Waals surface area contributed by atoms with Crippen molar-refractivity contribution in [1.29, 1.82) is 0 Å². The highest BCUT2D eigenvalue weighted by Gasteiger charge is 2.21. The first-order valence-corrected chi connectivity index (χ1v) is 10.0. The van der Waals surface area contributed by atoms with Crippen LogP contribution in [0.15, 0.2) is 47.1 Å². The van der Waals surface area contributed by atoms with Crippen LogP contribution in [0.5, 0.6) is 0 Å². The zero-order chi connectivity index (χ0) is 18.7. The Kier molecular flexibility index (Phi) is 5.88. The van der Waals surface area contributed by atoms with Gasteiger partial charge in [-0.3, -0.25) is 4.98 Å². The van der Waals surface area contributed by atoms with Gasteiger partial charge in [0, 0.05) is 36.3 Å². The van der Waals surface area contributed by atoms with E-state index in [1.807, 2.05) is 12.3 Å². The van der Waals surface area contributed by atoms with Gasteiger partial charge in [-0.25, -0.2) is 0 Å². The molecule has 5 heteroatoms. The van der Waals surface area contributed by atoms with E-state index in [2.05, 4.69) is 81.8 Å². The van der Waals surface area contributed by atoms with E-state index in [0.29, 0.717) is 6.42 Å². The lowest BCUT2D eigenvalue weighted by Crippen LogP contribution is -2.46. The Morgan fingerprint density at radius 2 is 1.50 bits per heavy atom. The minimum Gasteiger partial charge on any atom is -0.387 e. The fraction of sp³-hybridized carbons (Fsp3) is 0.476. The lowest BCUT2D eigenvalue weighted by Gasteiger charge is -2.37. The van der Waals surface area contributed by atoms with Crippen LogP contribution in [0.25, 0.3) is 0 Å². The Hall–Kier alpha value is -1.59. The van der Waals surface area contributed by atoms with Crippen LogP contribution >= 0.6 is 15.9 Å². The van der Waals surface area contributed by atoms with Crippen LogP contribution in [0, 0.1) is 5.41 Å². The Morgan fingerprint density at radius 1 is 0.962 bits per heavy atom. The number of aliphatic hydroxyl groups is 1. The van der Waals surface area contributed by atoms with Crippen molar-refractivity contribution in [2.75, 3.05) is 36.0 Å². The van der Waals surface area contributed by atoms with Crippen molar-refractivity contribution in [1.82, 2.24) is 4.98 Å². The molecule has 1 saturated heterocycles. The molecule has 0 radical (unpaired) electrons. The maximum atomic E-state index is 10.4. The molecule has 1 aromatic heterocycles. The van der Waals surface area contributed by atoms with Gasteiger partial charge in [0.2, 0.25) is 0 Å². The van der Waals surface area contributed by atoms with Crippen LogP contribution in [0.3, 0.4) is 0 Å². The summed E-state index contributed by atoms with van der Waals surface area (Å²) in [6.45, 7) is 10.3. The highest BCUT2D eigenvalue weighted by atomic mass is 79.9. The summed E-state index contributed by atoms with van der Waals surface area (Å²) in [7, 11) is 0. The normalized spacial score (nSPS) is 16.7. The predicted octanol–water partition coefficient (Wildman–Crippen LogP) is 4.64. The highest BCUT2D eigenvalue weighted by molar-refractivity contribution is 9.10. The van der Waals surface area contributed by atoms with E-state index in [0.717, 1.165) is 42.0 Å². The molecule has 1 aliphatic rings. The standard InChI is InChI=1S/C21H28BrN3O/c1-21(2,3)14-20(26)19-9-8-18(15-23-19)25-12-10-24(11-13-25)17-6-4-16(22)5-7-17/h4-9,15,20,26H,10-14H2,1-3H3. The van der Waals surface area contributed by atoms with Gasteiger partial charge in [-0.1, -0.05) is 36.7 Å². The topological polar surface area (TPSA) is 39.6 Å². The highest BCUT2D eigenvalue weighted by Crippen LogP contribution is 2.29. The quantitative estimate of drug-likeness (QED) is 0.786. The molecule has 1 unspecified atom stereocenters. The van der Waals surface area contributed by atoms with E-state index in [1.165, 1.54) is 5.69 Å². The molecule has 3 rings (SSSR count). The number of hydrogen-bond donors (Lipinski definition) is 1. The molecule has 1 atom stereocenters. The molecule has 4 nitrogen and oxygen atoms in total. The lowest BCUT2D eigenvalue weighted by atomic mass is 9.88. The van der Waals surface area contributed by atoms with E-state index in [-0.39, 0.29) is 5.41 Å². The van der Waals surface area contributed by atoms with Gasteiger partial charge in [-0.05, 0) is 48.2 Å². The summed E-state index contributed by atoms with van der Waals surface area (Å²) < 4.78 is 1.11. The second-order valence-electron chi connectivity index (χ2n) is 8.17. The number of halogens is 1. The number of pyridine rings is 1. The molecule has 2 aromatic rings. The van der Waals surface area contributed by atoms with Gasteiger partial charge in [-0.15, -0.1) is 0 Å². The lowest BCUT2D eigenvalue weighted by molar-refractivity contribution is 0.118. The van der Waals surface area contributed by atoms with Crippen LogP contribution in [0.2, 0.25) is 0 Å². The molecule has 1 aliphatic heterocycles. The van der Waals surface area contributed by atoms with Gasteiger partial charge in [0.05, 0.1) is 23.7 Å². The van der Waals surface area contributed by atoms with Crippen molar-refractivity contribution in [3.63, 3.8) is 0 Å². The third-order valence-electron chi connectivity index (χ3n) is 4.75. The molecular weight excluding hydrogens is 390 g/mol. The number of anilines is 2. The molecule has 26 heavy (non-hydrogen) atoms. The molecule has 0 aliphatic carbocycles. The van der Waals surface area contributed by atoms with Gasteiger partial charge >= 0.3 is 0 Å². The van der Waals surface area contributed by atoms with Gasteiger partial charge in [0.15, 0.2) is 0 Å². The number of rotatable bonds is 4. The van der Waals surface area contributed by atoms with Gasteiger partial charge < -0.3 is 14.9 Å². The summed E-state index contributed by atoms with van der Waals surface area (Å²) >= 11 is 3.49. The number of piperazine rings is 1. The minimum absolute atomic E-state index is 0.0864. The average molecular weight is 418 g/mol. The Morgan fingerprint density at radius 3 is 2.00 bits per heavy atom. The summed E-state index contributed by atoms with van der Waals surface area (Å²) in [5.41, 5.74) is 3.25. The summed E-state index contributed by atoms with van der Waals surface area (Å²) in [6.07, 6.45) is 2.11. The van der Waals surface area contributed by atoms with Crippen LogP contribution in [0.4, 0.5) is 11.4 Å². The first-order valence-electron chi connectivity index (χ1n) is 9.21. The first kappa shape index (κ1) is 19.2. The van der Waals surface area contributed by atoms with Crippen molar-refractivity contribution in [3.05, 3.63) is 52.8 Å². The fourth-order valence-electron chi connectivity index (χ4n) is 3.34. The molecule has 0 saturated carbocycles. The summed E-state index contributed by atoms with van der Waals surface area (Å²) in [6, 6.07) is 12.6. The predicted molar refractivity (Wildman–Crippen MR) is 112 cm³/mol. The SMILES string of the molecule is CC(C)(C)CC(O)c1ccc(N2CCN(c3ccc(Br)cc3)CC2)cn1. The van der Waals surface area contributed by atoms with E-state index >= 15 is 0 Å². The molecule has 0 bridgehead atoms. The largest absolute Gasteiger partial charge is 0.387 e. The first-order chi connectivity index (χ1) is 12.3. The number of benzene rings is 1. The molecule has 0 amide bonds. The smallest absolute Gasteiger partial charge is 0.0964 e. The summed E-state index contributed by atoms with van der Waals surface area (Å²) in [5, 5.41) is 10.4. The molecule has 1 N–H and O–H groups in total. The van der Waals surface area contributed by atoms with Crippen LogP contribution < -0.4 is 9.80 Å². The monoisotopic (exact) mass is 417 g/mol.